The highest BCUT2D eigenvalue weighted by Crippen LogP contribution is 2.31. The minimum Gasteiger partial charge on any atom is -0.497 e. The van der Waals surface area contributed by atoms with Gasteiger partial charge in [-0.2, -0.15) is 13.2 Å². The Labute approximate surface area is 168 Å². The van der Waals surface area contributed by atoms with Crippen LogP contribution in [0.4, 0.5) is 23.7 Å². The molecule has 156 valence electrons. The molecule has 0 saturated carbocycles. The predicted octanol–water partition coefficient (Wildman–Crippen LogP) is 4.41. The van der Waals surface area contributed by atoms with Gasteiger partial charge in [-0.15, -0.1) is 0 Å². The zero-order chi connectivity index (χ0) is 21.5. The molecular weight excluding hydrogens is 401 g/mol. The molecule has 2 amide bonds. The molecule has 0 saturated heterocycles. The lowest BCUT2D eigenvalue weighted by Gasteiger charge is -2.28. The highest BCUT2D eigenvalue weighted by atomic mass is 19.4. The van der Waals surface area contributed by atoms with Crippen LogP contribution < -0.4 is 15.7 Å². The van der Waals surface area contributed by atoms with Gasteiger partial charge in [-0.25, -0.2) is 9.59 Å². The number of nitrogens with zero attached hydrogens (tertiary/aromatic N) is 1. The number of urea groups is 1. The third-order valence-electron chi connectivity index (χ3n) is 5.04. The predicted molar refractivity (Wildman–Crippen MR) is 104 cm³/mol. The number of hydrogen-bond donors (Lipinski definition) is 1. The molecule has 3 aromatic rings. The molecule has 1 aliphatic rings. The van der Waals surface area contributed by atoms with Crippen LogP contribution in [0.1, 0.15) is 16.7 Å². The highest BCUT2D eigenvalue weighted by Gasteiger charge is 2.31. The summed E-state index contributed by atoms with van der Waals surface area (Å²) in [6.07, 6.45) is -4.09. The minimum absolute atomic E-state index is 0.00440. The SMILES string of the molecule is COc1ccc2c3c(c(=O)oc2c1)CN(C(=O)Nc1cccc(C(F)(F)F)c1)CC3. The van der Waals surface area contributed by atoms with Crippen molar-refractivity contribution in [3.8, 4) is 5.75 Å². The van der Waals surface area contributed by atoms with Crippen LogP contribution in [0.3, 0.4) is 0 Å². The molecule has 0 bridgehead atoms. The second-order valence-corrected chi connectivity index (χ2v) is 6.89. The largest absolute Gasteiger partial charge is 0.497 e. The number of rotatable bonds is 2. The van der Waals surface area contributed by atoms with Crippen LogP contribution in [0.15, 0.2) is 51.7 Å². The summed E-state index contributed by atoms with van der Waals surface area (Å²) < 4.78 is 49.1. The van der Waals surface area contributed by atoms with Gasteiger partial charge in [-0.05, 0) is 42.3 Å². The number of amides is 2. The van der Waals surface area contributed by atoms with Crippen LogP contribution in [0.5, 0.6) is 5.75 Å². The number of methoxy groups -OCH3 is 1. The molecular formula is C21H17F3N2O4. The molecule has 6 nitrogen and oxygen atoms in total. The quantitative estimate of drug-likeness (QED) is 0.626. The second kappa shape index (κ2) is 7.40. The molecule has 0 fully saturated rings. The molecule has 0 aliphatic carbocycles. The zero-order valence-corrected chi connectivity index (χ0v) is 15.9. The number of benzene rings is 2. The lowest BCUT2D eigenvalue weighted by molar-refractivity contribution is -0.137. The Balaban J connectivity index is 1.58. The molecule has 1 aromatic heterocycles. The molecule has 4 rings (SSSR count). The van der Waals surface area contributed by atoms with Crippen molar-refractivity contribution >= 4 is 22.7 Å². The molecule has 0 atom stereocenters. The number of ether oxygens (including phenoxy) is 1. The third-order valence-corrected chi connectivity index (χ3v) is 5.04. The Morgan fingerprint density at radius 1 is 1.17 bits per heavy atom. The fourth-order valence-corrected chi connectivity index (χ4v) is 3.52. The first kappa shape index (κ1) is 19.8. The number of fused-ring (bicyclic) bond motifs is 3. The van der Waals surface area contributed by atoms with E-state index in [1.165, 1.54) is 24.1 Å². The van der Waals surface area contributed by atoms with Gasteiger partial charge in [-0.1, -0.05) is 6.07 Å². The topological polar surface area (TPSA) is 71.8 Å². The zero-order valence-electron chi connectivity index (χ0n) is 15.9. The average molecular weight is 418 g/mol. The summed E-state index contributed by atoms with van der Waals surface area (Å²) in [6, 6.07) is 8.99. The molecule has 1 N–H and O–H groups in total. The second-order valence-electron chi connectivity index (χ2n) is 6.89. The van der Waals surface area contributed by atoms with Crippen LogP contribution >= 0.6 is 0 Å². The van der Waals surface area contributed by atoms with E-state index in [0.717, 1.165) is 23.1 Å². The highest BCUT2D eigenvalue weighted by molar-refractivity contribution is 5.90. The molecule has 30 heavy (non-hydrogen) atoms. The molecule has 1 aliphatic heterocycles. The van der Waals surface area contributed by atoms with E-state index in [2.05, 4.69) is 5.32 Å². The van der Waals surface area contributed by atoms with Crippen molar-refractivity contribution in [1.29, 1.82) is 0 Å². The van der Waals surface area contributed by atoms with Crippen molar-refractivity contribution in [2.75, 3.05) is 19.0 Å². The van der Waals surface area contributed by atoms with E-state index in [1.54, 1.807) is 18.2 Å². The van der Waals surface area contributed by atoms with Crippen molar-refractivity contribution in [2.24, 2.45) is 0 Å². The Hall–Kier alpha value is -3.49. The fourth-order valence-electron chi connectivity index (χ4n) is 3.52. The number of hydrogen-bond acceptors (Lipinski definition) is 4. The summed E-state index contributed by atoms with van der Waals surface area (Å²) in [5.41, 5.74) is 0.178. The first-order valence-corrected chi connectivity index (χ1v) is 9.12. The third kappa shape index (κ3) is 3.70. The smallest absolute Gasteiger partial charge is 0.416 e. The number of alkyl halides is 3. The first-order valence-electron chi connectivity index (χ1n) is 9.12. The van der Waals surface area contributed by atoms with Crippen LogP contribution in [-0.4, -0.2) is 24.6 Å². The maximum Gasteiger partial charge on any atom is 0.416 e. The standard InChI is InChI=1S/C21H17F3N2O4/c1-29-14-5-6-16-15-7-8-26(11-17(15)19(27)30-18(16)10-14)20(28)25-13-4-2-3-12(9-13)21(22,23)24/h2-6,9-10H,7-8,11H2,1H3,(H,25,28). The number of halogens is 3. The molecule has 2 heterocycles. The van der Waals surface area contributed by atoms with Crippen molar-refractivity contribution in [2.45, 2.75) is 19.1 Å². The summed E-state index contributed by atoms with van der Waals surface area (Å²) in [4.78, 5) is 26.4. The van der Waals surface area contributed by atoms with Gasteiger partial charge >= 0.3 is 17.8 Å². The molecule has 0 radical (unpaired) electrons. The normalized spacial score (nSPS) is 13.8. The summed E-state index contributed by atoms with van der Waals surface area (Å²) in [5, 5.41) is 3.23. The summed E-state index contributed by atoms with van der Waals surface area (Å²) in [7, 11) is 1.51. The van der Waals surface area contributed by atoms with Gasteiger partial charge in [0.25, 0.3) is 0 Å². The summed E-state index contributed by atoms with van der Waals surface area (Å²) in [5.74, 6) is 0.559. The lowest BCUT2D eigenvalue weighted by atomic mass is 9.97. The van der Waals surface area contributed by atoms with Gasteiger partial charge in [0.05, 0.1) is 24.8 Å². The van der Waals surface area contributed by atoms with Gasteiger partial charge in [0.15, 0.2) is 0 Å². The van der Waals surface area contributed by atoms with E-state index < -0.39 is 23.4 Å². The lowest BCUT2D eigenvalue weighted by Crippen LogP contribution is -2.40. The van der Waals surface area contributed by atoms with Crippen molar-refractivity contribution in [1.82, 2.24) is 4.90 Å². The van der Waals surface area contributed by atoms with Crippen LogP contribution in [0.25, 0.3) is 11.0 Å². The van der Waals surface area contributed by atoms with Crippen molar-refractivity contribution < 1.29 is 27.1 Å². The fraction of sp³-hybridized carbons (Fsp3) is 0.238. The summed E-state index contributed by atoms with van der Waals surface area (Å²) >= 11 is 0. The van der Waals surface area contributed by atoms with Crippen molar-refractivity contribution in [3.05, 3.63) is 69.6 Å². The van der Waals surface area contributed by atoms with Crippen LogP contribution in [-0.2, 0) is 19.1 Å². The molecule has 2 aromatic carbocycles. The van der Waals surface area contributed by atoms with E-state index in [4.69, 9.17) is 9.15 Å². The molecule has 9 heteroatoms. The molecule has 0 spiro atoms. The first-order chi connectivity index (χ1) is 14.3. The van der Waals surface area contributed by atoms with Gasteiger partial charge < -0.3 is 19.4 Å². The minimum atomic E-state index is -4.51. The Bertz CT molecular complexity index is 1190. The Morgan fingerprint density at radius 2 is 1.97 bits per heavy atom. The van der Waals surface area contributed by atoms with E-state index >= 15 is 0 Å². The number of carbonyl (C=O) groups is 1. The average Bonchev–Trinajstić information content (AvgIpc) is 2.72. The van der Waals surface area contributed by atoms with Gasteiger partial charge in [0, 0.05) is 23.7 Å². The number of anilines is 1. The Kier molecular flexibility index (Phi) is 4.89. The number of nitrogens with one attached hydrogen (secondary N) is 1. The van der Waals surface area contributed by atoms with Gasteiger partial charge in [0.1, 0.15) is 11.3 Å². The van der Waals surface area contributed by atoms with E-state index in [1.807, 2.05) is 0 Å². The van der Waals surface area contributed by atoms with Crippen molar-refractivity contribution in [3.63, 3.8) is 0 Å². The van der Waals surface area contributed by atoms with Crippen LogP contribution in [0.2, 0.25) is 0 Å². The summed E-state index contributed by atoms with van der Waals surface area (Å²) in [6.45, 7) is 0.312. The Morgan fingerprint density at radius 3 is 2.70 bits per heavy atom. The van der Waals surface area contributed by atoms with E-state index in [0.29, 0.717) is 29.9 Å². The van der Waals surface area contributed by atoms with E-state index in [9.17, 15) is 22.8 Å². The number of carbonyl (C=O) groups excluding carboxylic acids is 1. The van der Waals surface area contributed by atoms with Gasteiger partial charge in [0.2, 0.25) is 0 Å². The maximum absolute atomic E-state index is 12.9. The molecule has 0 unspecified atom stereocenters. The van der Waals surface area contributed by atoms with Gasteiger partial charge in [-0.3, -0.25) is 0 Å². The van der Waals surface area contributed by atoms with E-state index in [-0.39, 0.29) is 12.2 Å². The van der Waals surface area contributed by atoms with Crippen LogP contribution in [0, 0.1) is 0 Å². The maximum atomic E-state index is 12.9. The monoisotopic (exact) mass is 418 g/mol.